The van der Waals surface area contributed by atoms with E-state index in [1.165, 1.54) is 0 Å². The standard InChI is InChI=1S/C14H19BrN2O2/c1-9(10-4-3-5-11(15)6-10)17-13(18)14(2)8-19-7-12(14)16/h3-6,9,12H,7-8,16H2,1-2H3,(H,17,18)/t9-,12?,14?/m1/s1. The van der Waals surface area contributed by atoms with Crippen molar-refractivity contribution in [2.24, 2.45) is 11.1 Å². The van der Waals surface area contributed by atoms with Gasteiger partial charge in [-0.25, -0.2) is 0 Å². The number of ether oxygens (including phenoxy) is 1. The van der Waals surface area contributed by atoms with Gasteiger partial charge in [0.2, 0.25) is 5.91 Å². The number of rotatable bonds is 3. The molecular weight excluding hydrogens is 308 g/mol. The highest BCUT2D eigenvalue weighted by molar-refractivity contribution is 9.10. The molecule has 5 heteroatoms. The van der Waals surface area contributed by atoms with Gasteiger partial charge in [-0.05, 0) is 31.5 Å². The minimum Gasteiger partial charge on any atom is -0.379 e. The summed E-state index contributed by atoms with van der Waals surface area (Å²) in [6, 6.07) is 7.59. The Hall–Kier alpha value is -0.910. The van der Waals surface area contributed by atoms with Gasteiger partial charge < -0.3 is 15.8 Å². The van der Waals surface area contributed by atoms with Crippen molar-refractivity contribution >= 4 is 21.8 Å². The molecule has 3 N–H and O–H groups in total. The molecule has 0 bridgehead atoms. The number of hydrogen-bond acceptors (Lipinski definition) is 3. The highest BCUT2D eigenvalue weighted by Gasteiger charge is 2.44. The number of nitrogens with one attached hydrogen (secondary N) is 1. The van der Waals surface area contributed by atoms with Gasteiger partial charge in [0.1, 0.15) is 0 Å². The molecule has 1 aliphatic heterocycles. The Labute approximate surface area is 121 Å². The fourth-order valence-electron chi connectivity index (χ4n) is 2.14. The molecular formula is C14H19BrN2O2. The van der Waals surface area contributed by atoms with Gasteiger partial charge in [-0.2, -0.15) is 0 Å². The summed E-state index contributed by atoms with van der Waals surface area (Å²) >= 11 is 3.43. The lowest BCUT2D eigenvalue weighted by Crippen LogP contribution is -2.50. The lowest BCUT2D eigenvalue weighted by Gasteiger charge is -2.27. The van der Waals surface area contributed by atoms with Crippen LogP contribution in [0.3, 0.4) is 0 Å². The van der Waals surface area contributed by atoms with Gasteiger partial charge in [0.15, 0.2) is 0 Å². The number of amides is 1. The molecule has 0 spiro atoms. The third-order valence-electron chi connectivity index (χ3n) is 3.73. The van der Waals surface area contributed by atoms with Crippen LogP contribution in [0.2, 0.25) is 0 Å². The maximum absolute atomic E-state index is 12.4. The molecule has 1 saturated heterocycles. The second-order valence-electron chi connectivity index (χ2n) is 5.29. The number of hydrogen-bond donors (Lipinski definition) is 2. The van der Waals surface area contributed by atoms with Crippen molar-refractivity contribution < 1.29 is 9.53 Å². The van der Waals surface area contributed by atoms with E-state index in [1.807, 2.05) is 38.1 Å². The van der Waals surface area contributed by atoms with Crippen molar-refractivity contribution in [1.29, 1.82) is 0 Å². The Morgan fingerprint density at radius 1 is 1.63 bits per heavy atom. The van der Waals surface area contributed by atoms with Crippen LogP contribution in [0.4, 0.5) is 0 Å². The average molecular weight is 327 g/mol. The van der Waals surface area contributed by atoms with Gasteiger partial charge in [-0.3, -0.25) is 4.79 Å². The summed E-state index contributed by atoms with van der Waals surface area (Å²) in [5.74, 6) is -0.0509. The van der Waals surface area contributed by atoms with Crippen LogP contribution in [0.25, 0.3) is 0 Å². The Kier molecular flexibility index (Phi) is 4.28. The zero-order valence-electron chi connectivity index (χ0n) is 11.2. The summed E-state index contributed by atoms with van der Waals surface area (Å²) < 4.78 is 6.30. The van der Waals surface area contributed by atoms with Gasteiger partial charge in [0, 0.05) is 10.5 Å². The SMILES string of the molecule is C[C@@H](NC(=O)C1(C)COCC1N)c1cccc(Br)c1. The van der Waals surface area contributed by atoms with E-state index in [1.54, 1.807) is 0 Å². The Balaban J connectivity index is 2.07. The summed E-state index contributed by atoms with van der Waals surface area (Å²) in [5, 5.41) is 3.02. The van der Waals surface area contributed by atoms with Crippen molar-refractivity contribution in [3.05, 3.63) is 34.3 Å². The molecule has 2 rings (SSSR count). The summed E-state index contributed by atoms with van der Waals surface area (Å²) in [7, 11) is 0. The molecule has 4 nitrogen and oxygen atoms in total. The maximum atomic E-state index is 12.4. The fraction of sp³-hybridized carbons (Fsp3) is 0.500. The molecule has 19 heavy (non-hydrogen) atoms. The zero-order valence-corrected chi connectivity index (χ0v) is 12.7. The van der Waals surface area contributed by atoms with Crippen LogP contribution in [0.5, 0.6) is 0 Å². The number of nitrogens with two attached hydrogens (primary N) is 1. The second-order valence-corrected chi connectivity index (χ2v) is 6.20. The normalized spacial score (nSPS) is 28.1. The molecule has 1 fully saturated rings. The van der Waals surface area contributed by atoms with Gasteiger partial charge in [0.05, 0.1) is 24.7 Å². The third-order valence-corrected chi connectivity index (χ3v) is 4.23. The van der Waals surface area contributed by atoms with E-state index in [2.05, 4.69) is 21.2 Å². The third kappa shape index (κ3) is 2.99. The molecule has 3 atom stereocenters. The van der Waals surface area contributed by atoms with E-state index < -0.39 is 5.41 Å². The topological polar surface area (TPSA) is 64.3 Å². The molecule has 0 aliphatic carbocycles. The van der Waals surface area contributed by atoms with Crippen LogP contribution in [0.1, 0.15) is 25.5 Å². The molecule has 0 aromatic heterocycles. The zero-order chi connectivity index (χ0) is 14.0. The molecule has 0 saturated carbocycles. The minimum absolute atomic E-state index is 0.0509. The Bertz CT molecular complexity index is 480. The summed E-state index contributed by atoms with van der Waals surface area (Å²) in [4.78, 5) is 12.4. The van der Waals surface area contributed by atoms with Crippen LogP contribution >= 0.6 is 15.9 Å². The molecule has 1 aromatic rings. The monoisotopic (exact) mass is 326 g/mol. The lowest BCUT2D eigenvalue weighted by molar-refractivity contribution is -0.131. The van der Waals surface area contributed by atoms with Crippen molar-refractivity contribution in [3.63, 3.8) is 0 Å². The van der Waals surface area contributed by atoms with Crippen molar-refractivity contribution in [3.8, 4) is 0 Å². The molecule has 1 aromatic carbocycles. The predicted octanol–water partition coefficient (Wildman–Crippen LogP) is 1.99. The number of carbonyl (C=O) groups is 1. The molecule has 2 unspecified atom stereocenters. The van der Waals surface area contributed by atoms with Gasteiger partial charge in [-0.1, -0.05) is 28.1 Å². The van der Waals surface area contributed by atoms with Gasteiger partial charge in [0.25, 0.3) is 0 Å². The highest BCUT2D eigenvalue weighted by Crippen LogP contribution is 2.28. The Morgan fingerprint density at radius 2 is 2.37 bits per heavy atom. The van der Waals surface area contributed by atoms with Crippen LogP contribution in [-0.4, -0.2) is 25.2 Å². The van der Waals surface area contributed by atoms with E-state index in [0.29, 0.717) is 13.2 Å². The Morgan fingerprint density at radius 3 is 2.95 bits per heavy atom. The average Bonchev–Trinajstić information content (AvgIpc) is 2.71. The van der Waals surface area contributed by atoms with Crippen LogP contribution in [0, 0.1) is 5.41 Å². The first-order valence-electron chi connectivity index (χ1n) is 6.33. The van der Waals surface area contributed by atoms with E-state index in [-0.39, 0.29) is 18.0 Å². The lowest BCUT2D eigenvalue weighted by atomic mass is 9.84. The van der Waals surface area contributed by atoms with Crippen molar-refractivity contribution in [2.75, 3.05) is 13.2 Å². The van der Waals surface area contributed by atoms with Crippen LogP contribution < -0.4 is 11.1 Å². The number of halogens is 1. The first-order chi connectivity index (χ1) is 8.93. The summed E-state index contributed by atoms with van der Waals surface area (Å²) in [6.45, 7) is 4.64. The van der Waals surface area contributed by atoms with Gasteiger partial charge in [-0.15, -0.1) is 0 Å². The summed E-state index contributed by atoms with van der Waals surface area (Å²) in [6.07, 6.45) is 0. The molecule has 1 aliphatic rings. The van der Waals surface area contributed by atoms with E-state index in [9.17, 15) is 4.79 Å². The first kappa shape index (κ1) is 14.5. The molecule has 1 amide bonds. The first-order valence-corrected chi connectivity index (χ1v) is 7.12. The van der Waals surface area contributed by atoms with E-state index >= 15 is 0 Å². The second kappa shape index (κ2) is 5.61. The predicted molar refractivity (Wildman–Crippen MR) is 77.6 cm³/mol. The molecule has 0 radical (unpaired) electrons. The van der Waals surface area contributed by atoms with Crippen LogP contribution in [0.15, 0.2) is 28.7 Å². The maximum Gasteiger partial charge on any atom is 0.230 e. The van der Waals surface area contributed by atoms with E-state index in [0.717, 1.165) is 10.0 Å². The summed E-state index contributed by atoms with van der Waals surface area (Å²) in [5.41, 5.74) is 6.38. The largest absolute Gasteiger partial charge is 0.379 e. The minimum atomic E-state index is -0.639. The van der Waals surface area contributed by atoms with Crippen LogP contribution in [-0.2, 0) is 9.53 Å². The smallest absolute Gasteiger partial charge is 0.230 e. The molecule has 1 heterocycles. The quantitative estimate of drug-likeness (QED) is 0.892. The van der Waals surface area contributed by atoms with Crippen molar-refractivity contribution in [1.82, 2.24) is 5.32 Å². The van der Waals surface area contributed by atoms with E-state index in [4.69, 9.17) is 10.5 Å². The molecule has 104 valence electrons. The number of carbonyl (C=O) groups excluding carboxylic acids is 1. The number of benzene rings is 1. The highest BCUT2D eigenvalue weighted by atomic mass is 79.9. The van der Waals surface area contributed by atoms with Gasteiger partial charge >= 0.3 is 0 Å². The van der Waals surface area contributed by atoms with Crippen molar-refractivity contribution in [2.45, 2.75) is 25.9 Å². The fourth-order valence-corrected chi connectivity index (χ4v) is 2.56.